The number of hydrogen-bond acceptors (Lipinski definition) is 3. The lowest BCUT2D eigenvalue weighted by Crippen LogP contribution is -2.20. The molecule has 0 aliphatic rings. The van der Waals surface area contributed by atoms with Crippen molar-refractivity contribution in [1.82, 2.24) is 9.55 Å². The highest BCUT2D eigenvalue weighted by Crippen LogP contribution is 2.23. The number of halogens is 1. The van der Waals surface area contributed by atoms with Gasteiger partial charge >= 0.3 is 0 Å². The van der Waals surface area contributed by atoms with Gasteiger partial charge in [0.1, 0.15) is 23.3 Å². The van der Waals surface area contributed by atoms with Gasteiger partial charge in [-0.15, -0.1) is 0 Å². The Morgan fingerprint density at radius 2 is 2.00 bits per heavy atom. The molecule has 0 fully saturated rings. The summed E-state index contributed by atoms with van der Waals surface area (Å²) in [5.74, 6) is 0.355. The Bertz CT molecular complexity index is 876. The first-order valence-electron chi connectivity index (χ1n) is 6.92. The number of rotatable bonds is 3. The summed E-state index contributed by atoms with van der Waals surface area (Å²) in [4.78, 5) is 6.44. The number of nitrogens with zero attached hydrogens (tertiary/aromatic N) is 4. The van der Waals surface area contributed by atoms with Crippen LogP contribution in [0.4, 0.5) is 10.1 Å². The van der Waals surface area contributed by atoms with Gasteiger partial charge in [0.2, 0.25) is 0 Å². The van der Waals surface area contributed by atoms with Crippen LogP contribution in [0.5, 0.6) is 0 Å². The summed E-state index contributed by atoms with van der Waals surface area (Å²) >= 11 is 0. The van der Waals surface area contributed by atoms with Gasteiger partial charge in [0.15, 0.2) is 0 Å². The van der Waals surface area contributed by atoms with Gasteiger partial charge in [0.25, 0.3) is 0 Å². The van der Waals surface area contributed by atoms with E-state index in [0.29, 0.717) is 12.2 Å². The molecule has 2 aromatic carbocycles. The van der Waals surface area contributed by atoms with Crippen molar-refractivity contribution in [2.45, 2.75) is 6.54 Å². The zero-order valence-electron chi connectivity index (χ0n) is 12.4. The third kappa shape index (κ3) is 2.29. The number of aryl methyl sites for hydroxylation is 1. The number of anilines is 1. The van der Waals surface area contributed by atoms with E-state index in [1.807, 2.05) is 53.9 Å². The topological polar surface area (TPSA) is 44.9 Å². The molecule has 0 unspecified atom stereocenters. The molecule has 0 N–H and O–H groups in total. The van der Waals surface area contributed by atoms with Crippen LogP contribution in [0.3, 0.4) is 0 Å². The van der Waals surface area contributed by atoms with Gasteiger partial charge in [-0.1, -0.05) is 18.2 Å². The van der Waals surface area contributed by atoms with Crippen molar-refractivity contribution in [3.05, 3.63) is 59.7 Å². The average molecular weight is 294 g/mol. The van der Waals surface area contributed by atoms with Gasteiger partial charge < -0.3 is 9.47 Å². The molecule has 4 nitrogen and oxygen atoms in total. The third-order valence-corrected chi connectivity index (χ3v) is 3.77. The van der Waals surface area contributed by atoms with E-state index in [1.165, 1.54) is 6.07 Å². The van der Waals surface area contributed by atoms with Crippen LogP contribution in [-0.2, 0) is 13.6 Å². The molecule has 3 rings (SSSR count). The molecule has 0 radical (unpaired) electrons. The van der Waals surface area contributed by atoms with E-state index in [9.17, 15) is 4.39 Å². The van der Waals surface area contributed by atoms with E-state index in [4.69, 9.17) is 5.26 Å². The summed E-state index contributed by atoms with van der Waals surface area (Å²) in [5.41, 5.74) is 2.59. The van der Waals surface area contributed by atoms with Gasteiger partial charge in [-0.3, -0.25) is 0 Å². The Balaban J connectivity index is 1.97. The van der Waals surface area contributed by atoms with Crippen molar-refractivity contribution in [2.24, 2.45) is 7.05 Å². The van der Waals surface area contributed by atoms with E-state index < -0.39 is 5.82 Å². The van der Waals surface area contributed by atoms with Crippen LogP contribution in [0.15, 0.2) is 42.5 Å². The van der Waals surface area contributed by atoms with E-state index in [1.54, 1.807) is 12.1 Å². The van der Waals surface area contributed by atoms with E-state index >= 15 is 0 Å². The van der Waals surface area contributed by atoms with E-state index in [0.717, 1.165) is 16.9 Å². The van der Waals surface area contributed by atoms with E-state index in [2.05, 4.69) is 4.98 Å². The summed E-state index contributed by atoms with van der Waals surface area (Å²) in [6.45, 7) is 0.489. The Hall–Kier alpha value is -2.87. The van der Waals surface area contributed by atoms with Crippen molar-refractivity contribution in [2.75, 3.05) is 11.9 Å². The zero-order chi connectivity index (χ0) is 15.7. The minimum atomic E-state index is -0.503. The standard InChI is InChI=1S/C17H15FN4/c1-21(15-9-5-6-13(18)12(15)10-19)11-17-20-14-7-3-4-8-16(14)22(17)2/h3-9H,11H2,1-2H3. The number of benzene rings is 2. The second kappa shape index (κ2) is 5.49. The summed E-state index contributed by atoms with van der Waals surface area (Å²) in [6.07, 6.45) is 0. The number of aromatic nitrogens is 2. The third-order valence-electron chi connectivity index (χ3n) is 3.77. The first-order chi connectivity index (χ1) is 10.6. The highest BCUT2D eigenvalue weighted by Gasteiger charge is 2.14. The van der Waals surface area contributed by atoms with Crippen molar-refractivity contribution < 1.29 is 4.39 Å². The van der Waals surface area contributed by atoms with Crippen LogP contribution < -0.4 is 4.90 Å². The van der Waals surface area contributed by atoms with Gasteiger partial charge in [-0.25, -0.2) is 9.37 Å². The zero-order valence-corrected chi connectivity index (χ0v) is 12.4. The summed E-state index contributed by atoms with van der Waals surface area (Å²) in [6, 6.07) is 14.5. The highest BCUT2D eigenvalue weighted by atomic mass is 19.1. The van der Waals surface area contributed by atoms with Crippen LogP contribution in [0.2, 0.25) is 0 Å². The Labute approximate surface area is 128 Å². The van der Waals surface area contributed by atoms with Gasteiger partial charge in [0, 0.05) is 14.1 Å². The molecule has 0 amide bonds. The molecule has 1 aromatic heterocycles. The molecule has 22 heavy (non-hydrogen) atoms. The monoisotopic (exact) mass is 294 g/mol. The fourth-order valence-electron chi connectivity index (χ4n) is 2.58. The molecular weight excluding hydrogens is 279 g/mol. The lowest BCUT2D eigenvalue weighted by molar-refractivity contribution is 0.622. The molecule has 0 aliphatic carbocycles. The minimum absolute atomic E-state index is 0.0590. The van der Waals surface area contributed by atoms with Crippen LogP contribution in [0.1, 0.15) is 11.4 Å². The average Bonchev–Trinajstić information content (AvgIpc) is 2.83. The molecule has 0 bridgehead atoms. The first-order valence-corrected chi connectivity index (χ1v) is 6.92. The smallest absolute Gasteiger partial charge is 0.143 e. The fraction of sp³-hybridized carbons (Fsp3) is 0.176. The molecule has 0 atom stereocenters. The Morgan fingerprint density at radius 3 is 2.73 bits per heavy atom. The molecule has 0 spiro atoms. The van der Waals surface area contributed by atoms with Crippen LogP contribution in [0, 0.1) is 17.1 Å². The molecular formula is C17H15FN4. The number of hydrogen-bond donors (Lipinski definition) is 0. The quantitative estimate of drug-likeness (QED) is 0.745. The lowest BCUT2D eigenvalue weighted by Gasteiger charge is -2.20. The summed E-state index contributed by atoms with van der Waals surface area (Å²) < 4.78 is 15.7. The van der Waals surface area contributed by atoms with E-state index in [-0.39, 0.29) is 5.56 Å². The second-order valence-corrected chi connectivity index (χ2v) is 5.18. The van der Waals surface area contributed by atoms with Crippen molar-refractivity contribution in [3.63, 3.8) is 0 Å². The number of para-hydroxylation sites is 2. The lowest BCUT2D eigenvalue weighted by atomic mass is 10.1. The molecule has 3 aromatic rings. The normalized spacial score (nSPS) is 10.6. The summed E-state index contributed by atoms with van der Waals surface area (Å²) in [7, 11) is 3.78. The minimum Gasteiger partial charge on any atom is -0.366 e. The predicted molar refractivity (Wildman–Crippen MR) is 83.9 cm³/mol. The fourth-order valence-corrected chi connectivity index (χ4v) is 2.58. The van der Waals surface area contributed by atoms with Crippen molar-refractivity contribution in [3.8, 4) is 6.07 Å². The number of imidazole rings is 1. The Kier molecular flexibility index (Phi) is 3.51. The van der Waals surface area contributed by atoms with Gasteiger partial charge in [0.05, 0.1) is 23.3 Å². The maximum absolute atomic E-state index is 13.7. The predicted octanol–water partition coefficient (Wildman–Crippen LogP) is 3.22. The molecule has 5 heteroatoms. The second-order valence-electron chi connectivity index (χ2n) is 5.18. The highest BCUT2D eigenvalue weighted by molar-refractivity contribution is 5.75. The molecule has 0 saturated carbocycles. The molecule has 1 heterocycles. The Morgan fingerprint density at radius 1 is 1.23 bits per heavy atom. The van der Waals surface area contributed by atoms with Crippen LogP contribution in [0.25, 0.3) is 11.0 Å². The van der Waals surface area contributed by atoms with Crippen molar-refractivity contribution >= 4 is 16.7 Å². The van der Waals surface area contributed by atoms with Gasteiger partial charge in [-0.05, 0) is 24.3 Å². The number of nitriles is 1. The maximum atomic E-state index is 13.7. The van der Waals surface area contributed by atoms with Crippen LogP contribution in [-0.4, -0.2) is 16.6 Å². The van der Waals surface area contributed by atoms with Gasteiger partial charge in [-0.2, -0.15) is 5.26 Å². The van der Waals surface area contributed by atoms with Crippen molar-refractivity contribution in [1.29, 1.82) is 5.26 Å². The molecule has 0 saturated heterocycles. The first kappa shape index (κ1) is 14.1. The maximum Gasteiger partial charge on any atom is 0.143 e. The molecule has 0 aliphatic heterocycles. The summed E-state index contributed by atoms with van der Waals surface area (Å²) in [5, 5.41) is 9.15. The molecule has 110 valence electrons. The largest absolute Gasteiger partial charge is 0.366 e. The van der Waals surface area contributed by atoms with Crippen LogP contribution >= 0.6 is 0 Å². The SMILES string of the molecule is CN(Cc1nc2ccccc2n1C)c1cccc(F)c1C#N. The number of fused-ring (bicyclic) bond motifs is 1.